The van der Waals surface area contributed by atoms with Crippen LogP contribution >= 0.6 is 11.6 Å². The van der Waals surface area contributed by atoms with Crippen molar-refractivity contribution in [3.63, 3.8) is 0 Å². The summed E-state index contributed by atoms with van der Waals surface area (Å²) in [5.41, 5.74) is 1.54. The van der Waals surface area contributed by atoms with Crippen molar-refractivity contribution >= 4 is 33.0 Å². The quantitative estimate of drug-likeness (QED) is 0.838. The van der Waals surface area contributed by atoms with Crippen LogP contribution in [0.25, 0.3) is 0 Å². The van der Waals surface area contributed by atoms with Crippen molar-refractivity contribution in [2.75, 3.05) is 16.4 Å². The first-order valence-electron chi connectivity index (χ1n) is 7.76. The number of rotatable bonds is 4. The molecule has 1 fully saturated rings. The van der Waals surface area contributed by atoms with E-state index >= 15 is 0 Å². The number of hydrogen-bond acceptors (Lipinski definition) is 3. The molecule has 0 N–H and O–H groups in total. The second-order valence-corrected chi connectivity index (χ2v) is 8.63. The molecule has 0 aromatic heterocycles. The predicted octanol–water partition coefficient (Wildman–Crippen LogP) is 3.10. The Morgan fingerprint density at radius 3 is 2.50 bits per heavy atom. The van der Waals surface area contributed by atoms with E-state index in [1.54, 1.807) is 29.2 Å². The van der Waals surface area contributed by atoms with E-state index in [1.165, 1.54) is 0 Å². The first-order chi connectivity index (χ1) is 11.4. The number of hydrogen-bond donors (Lipinski definition) is 0. The van der Waals surface area contributed by atoms with Crippen molar-refractivity contribution in [1.82, 2.24) is 0 Å². The van der Waals surface area contributed by atoms with Crippen LogP contribution in [-0.4, -0.2) is 31.9 Å². The summed E-state index contributed by atoms with van der Waals surface area (Å²) in [6.07, 6.45) is 0.680. The van der Waals surface area contributed by atoms with Crippen LogP contribution in [0.5, 0.6) is 0 Å². The van der Waals surface area contributed by atoms with Gasteiger partial charge >= 0.3 is 0 Å². The van der Waals surface area contributed by atoms with Crippen LogP contribution in [0.15, 0.2) is 54.6 Å². The van der Waals surface area contributed by atoms with Crippen molar-refractivity contribution in [1.29, 1.82) is 0 Å². The molecule has 0 aliphatic carbocycles. The van der Waals surface area contributed by atoms with E-state index in [-0.39, 0.29) is 29.9 Å². The maximum Gasteiger partial charge on any atom is 0.231 e. The molecule has 1 unspecified atom stereocenters. The van der Waals surface area contributed by atoms with Gasteiger partial charge in [-0.3, -0.25) is 4.79 Å². The van der Waals surface area contributed by atoms with Crippen LogP contribution in [0.2, 0.25) is 5.02 Å². The molecule has 1 aliphatic heterocycles. The average Bonchev–Trinajstić information content (AvgIpc) is 2.88. The molecule has 6 heteroatoms. The number of anilines is 1. The lowest BCUT2D eigenvalue weighted by Gasteiger charge is -2.28. The van der Waals surface area contributed by atoms with Crippen LogP contribution in [-0.2, 0) is 21.1 Å². The van der Waals surface area contributed by atoms with Gasteiger partial charge in [0.15, 0.2) is 9.84 Å². The van der Waals surface area contributed by atoms with Gasteiger partial charge in [-0.15, -0.1) is 0 Å². The molecule has 1 heterocycles. The van der Waals surface area contributed by atoms with Crippen LogP contribution in [0, 0.1) is 0 Å². The van der Waals surface area contributed by atoms with Crippen molar-refractivity contribution in [2.45, 2.75) is 18.9 Å². The van der Waals surface area contributed by atoms with Gasteiger partial charge in [-0.1, -0.05) is 48.0 Å². The third-order valence-corrected chi connectivity index (χ3v) is 6.11. The fourth-order valence-electron chi connectivity index (χ4n) is 3.02. The summed E-state index contributed by atoms with van der Waals surface area (Å²) >= 11 is 6.06. The summed E-state index contributed by atoms with van der Waals surface area (Å²) < 4.78 is 23.7. The van der Waals surface area contributed by atoms with E-state index < -0.39 is 9.84 Å². The van der Waals surface area contributed by atoms with Gasteiger partial charge in [0.05, 0.1) is 24.0 Å². The van der Waals surface area contributed by atoms with Gasteiger partial charge in [-0.25, -0.2) is 8.42 Å². The van der Waals surface area contributed by atoms with E-state index in [0.29, 0.717) is 17.1 Å². The Balaban J connectivity index is 1.91. The largest absolute Gasteiger partial charge is 0.308 e. The molecule has 4 nitrogen and oxygen atoms in total. The van der Waals surface area contributed by atoms with Crippen molar-refractivity contribution in [3.8, 4) is 0 Å². The average molecular weight is 364 g/mol. The summed E-state index contributed by atoms with van der Waals surface area (Å²) in [5, 5.41) is 0.519. The van der Waals surface area contributed by atoms with Crippen molar-refractivity contribution in [2.24, 2.45) is 0 Å². The molecule has 0 saturated carbocycles. The molecule has 1 atom stereocenters. The molecule has 0 bridgehead atoms. The van der Waals surface area contributed by atoms with E-state index in [4.69, 9.17) is 11.6 Å². The third-order valence-electron chi connectivity index (χ3n) is 4.13. The van der Waals surface area contributed by atoms with Gasteiger partial charge in [-0.05, 0) is 30.2 Å². The van der Waals surface area contributed by atoms with Gasteiger partial charge < -0.3 is 4.90 Å². The summed E-state index contributed by atoms with van der Waals surface area (Å²) in [5.74, 6) is -0.00140. The normalized spacial score (nSPS) is 19.1. The maximum atomic E-state index is 12.9. The molecule has 126 valence electrons. The zero-order valence-corrected chi connectivity index (χ0v) is 14.6. The zero-order chi connectivity index (χ0) is 17.2. The zero-order valence-electron chi connectivity index (χ0n) is 13.1. The molecule has 1 amide bonds. The number of nitrogens with zero attached hydrogens (tertiary/aromatic N) is 1. The number of carbonyl (C=O) groups excluding carboxylic acids is 1. The molecular weight excluding hydrogens is 346 g/mol. The van der Waals surface area contributed by atoms with Gasteiger partial charge in [0.1, 0.15) is 0 Å². The van der Waals surface area contributed by atoms with E-state index in [0.717, 1.165) is 5.56 Å². The Hall–Kier alpha value is -1.85. The lowest BCUT2D eigenvalue weighted by atomic mass is 10.1. The highest BCUT2D eigenvalue weighted by Gasteiger charge is 2.35. The predicted molar refractivity (Wildman–Crippen MR) is 96.1 cm³/mol. The monoisotopic (exact) mass is 363 g/mol. The molecule has 0 spiro atoms. The second kappa shape index (κ2) is 6.95. The Kier molecular flexibility index (Phi) is 4.92. The number of carbonyl (C=O) groups is 1. The number of amides is 1. The lowest BCUT2D eigenvalue weighted by Crippen LogP contribution is -2.42. The fourth-order valence-corrected chi connectivity index (χ4v) is 4.90. The first-order valence-corrected chi connectivity index (χ1v) is 9.96. The molecule has 3 rings (SSSR count). The molecule has 2 aromatic rings. The highest BCUT2D eigenvalue weighted by Crippen LogP contribution is 2.27. The van der Waals surface area contributed by atoms with E-state index in [9.17, 15) is 13.2 Å². The Morgan fingerprint density at radius 2 is 1.88 bits per heavy atom. The van der Waals surface area contributed by atoms with Gasteiger partial charge in [0.25, 0.3) is 0 Å². The minimum atomic E-state index is -3.09. The minimum Gasteiger partial charge on any atom is -0.308 e. The van der Waals surface area contributed by atoms with Gasteiger partial charge in [-0.2, -0.15) is 0 Å². The molecular formula is C18H18ClNO3S. The molecule has 1 aliphatic rings. The SMILES string of the molecule is O=C(Cc1ccccc1)N(c1cccc(Cl)c1)C1CCS(=O)(=O)C1. The maximum absolute atomic E-state index is 12.9. The Labute approximate surface area is 147 Å². The molecule has 2 aromatic carbocycles. The van der Waals surface area contributed by atoms with Crippen LogP contribution in [0.3, 0.4) is 0 Å². The van der Waals surface area contributed by atoms with E-state index in [2.05, 4.69) is 0 Å². The van der Waals surface area contributed by atoms with Gasteiger partial charge in [0.2, 0.25) is 5.91 Å². The lowest BCUT2D eigenvalue weighted by molar-refractivity contribution is -0.118. The standard InChI is InChI=1S/C18H18ClNO3S/c19-15-7-4-8-16(12-15)20(17-9-10-24(22,23)13-17)18(21)11-14-5-2-1-3-6-14/h1-8,12,17H,9-11,13H2. The molecule has 1 saturated heterocycles. The summed E-state index contributed by atoms with van der Waals surface area (Å²) in [6.45, 7) is 0. The van der Waals surface area contributed by atoms with Crippen LogP contribution in [0.1, 0.15) is 12.0 Å². The smallest absolute Gasteiger partial charge is 0.231 e. The highest BCUT2D eigenvalue weighted by atomic mass is 35.5. The third kappa shape index (κ3) is 3.97. The number of sulfone groups is 1. The van der Waals surface area contributed by atoms with E-state index in [1.807, 2.05) is 30.3 Å². The minimum absolute atomic E-state index is 0.0000427. The van der Waals surface area contributed by atoms with Crippen molar-refractivity contribution < 1.29 is 13.2 Å². The second-order valence-electron chi connectivity index (χ2n) is 5.96. The Morgan fingerprint density at radius 1 is 1.12 bits per heavy atom. The Bertz CT molecular complexity index is 836. The fraction of sp³-hybridized carbons (Fsp3) is 0.278. The summed E-state index contributed by atoms with van der Waals surface area (Å²) in [6, 6.07) is 16.1. The molecule has 0 radical (unpaired) electrons. The van der Waals surface area contributed by atoms with Gasteiger partial charge in [0, 0.05) is 10.7 Å². The molecule has 24 heavy (non-hydrogen) atoms. The first kappa shape index (κ1) is 17.0. The number of halogens is 1. The van der Waals surface area contributed by atoms with Crippen LogP contribution < -0.4 is 4.90 Å². The summed E-state index contributed by atoms with van der Waals surface area (Å²) in [7, 11) is -3.09. The van der Waals surface area contributed by atoms with Crippen molar-refractivity contribution in [3.05, 3.63) is 65.2 Å². The highest BCUT2D eigenvalue weighted by molar-refractivity contribution is 7.91. The van der Waals surface area contributed by atoms with Crippen LogP contribution in [0.4, 0.5) is 5.69 Å². The summed E-state index contributed by atoms with van der Waals surface area (Å²) in [4.78, 5) is 14.5. The number of benzene rings is 2. The topological polar surface area (TPSA) is 54.5 Å².